The van der Waals surface area contributed by atoms with Crippen LogP contribution < -0.4 is 24.5 Å². The van der Waals surface area contributed by atoms with Gasteiger partial charge in [-0.2, -0.15) is 13.2 Å². The standard InChI is InChI=1S/C22H21NO.C20H25NO.C19H20N2O.C18H21NO2.C17H16F3NO/c1-22(2,3)18-12-13-19-20-16(18)10-7-11-17(20)21(24)23(19)14-15-8-5-4-6-9-15;1-13(2)11-12-21-17-10-9-16(20(3,4)5)14-7-6-8-15(18(14)17)19(21)22;1-19(2,3)15-9-10-16-17-13(15)7-5-8-14(17)18(22)21(16)12-6-11-20-4;1-18(2,3)14-8-9-15-16-12(14)6-5-7-13(16)17(20)19(15)10-11-21-4;1-16(2,3)12-7-8-13-14-10(12)5-4-6-11(14)15(22)21(13)9-17(18,19)20/h4-13H,14H2,1-3H3;6-10,13H,11-12H2,1-5H3;5,7-10H,6,11-12H2,1-3H3;5-9H,10-11H2,1-4H3;4-8H,9H2,1-3H3. The summed E-state index contributed by atoms with van der Waals surface area (Å²) in [5.74, 6) is 0.429. The van der Waals surface area contributed by atoms with Gasteiger partial charge in [0.05, 0.1) is 41.6 Å². The van der Waals surface area contributed by atoms with E-state index in [9.17, 15) is 37.1 Å². The Kier molecular flexibility index (Phi) is 22.0. The summed E-state index contributed by atoms with van der Waals surface area (Å²) in [7, 11) is 1.66. The lowest BCUT2D eigenvalue weighted by Crippen LogP contribution is -2.36. The molecule has 0 aromatic heterocycles. The van der Waals surface area contributed by atoms with Crippen LogP contribution >= 0.6 is 0 Å². The summed E-state index contributed by atoms with van der Waals surface area (Å²) in [5.41, 5.74) is 15.5. The normalized spacial score (nSPS) is 14.2. The van der Waals surface area contributed by atoms with E-state index in [2.05, 4.69) is 187 Å². The molecule has 11 aromatic carbocycles. The maximum absolute atomic E-state index is 13.0. The highest BCUT2D eigenvalue weighted by molar-refractivity contribution is 6.29. The van der Waals surface area contributed by atoms with Gasteiger partial charge >= 0.3 is 6.18 Å². The molecule has 0 radical (unpaired) electrons. The molecule has 0 fully saturated rings. The van der Waals surface area contributed by atoms with Crippen molar-refractivity contribution in [3.63, 3.8) is 0 Å². The second-order valence-electron chi connectivity index (χ2n) is 35.2. The maximum atomic E-state index is 13.0. The SMILES string of the molecule is CC(C)(C)c1ccc2c3c(cccc13)C(=O)N2CC(F)(F)F.CC(C)(C)c1ccc2c3c(cccc13)C(=O)N2Cc1ccccc1.CC(C)CCN1C(=O)c2cccc3c(C(C)(C)C)ccc1c23.COCCN1C(=O)c2cccc3c(C(C)(C)C)ccc1c23.[C-]#[N+]CCCN1C(=O)c2cccc3c(C(C)(C)C)ccc1c23. The van der Waals surface area contributed by atoms with Gasteiger partial charge in [0.2, 0.25) is 6.54 Å². The molecule has 12 nitrogen and oxygen atoms in total. The molecular formula is C96H103F3N6O6. The fourth-order valence-electron chi connectivity index (χ4n) is 16.3. The molecule has 0 unspecified atom stereocenters. The maximum Gasteiger partial charge on any atom is 0.406 e. The molecule has 0 saturated carbocycles. The molecule has 0 atom stereocenters. The predicted molar refractivity (Wildman–Crippen MR) is 450 cm³/mol. The second kappa shape index (κ2) is 30.5. The molecule has 15 heteroatoms. The number of benzene rings is 11. The van der Waals surface area contributed by atoms with Crippen LogP contribution in [0.3, 0.4) is 0 Å². The van der Waals surface area contributed by atoms with Gasteiger partial charge in [0.15, 0.2) is 0 Å². The minimum Gasteiger partial charge on any atom is -0.383 e. The van der Waals surface area contributed by atoms with E-state index in [0.717, 1.165) is 101 Å². The lowest BCUT2D eigenvalue weighted by atomic mass is 9.83. The van der Waals surface area contributed by atoms with E-state index in [-0.39, 0.29) is 50.7 Å². The van der Waals surface area contributed by atoms with Gasteiger partial charge in [-0.05, 0) is 160 Å². The first kappa shape index (κ1) is 79.8. The van der Waals surface area contributed by atoms with Crippen molar-refractivity contribution in [2.45, 2.75) is 170 Å². The van der Waals surface area contributed by atoms with E-state index in [1.807, 2.05) is 119 Å². The molecule has 0 aliphatic carbocycles. The van der Waals surface area contributed by atoms with E-state index in [1.54, 1.807) is 25.3 Å². The van der Waals surface area contributed by atoms with Gasteiger partial charge in [0.25, 0.3) is 29.5 Å². The number of nitrogens with zero attached hydrogens (tertiary/aromatic N) is 6. The van der Waals surface area contributed by atoms with Gasteiger partial charge in [0.1, 0.15) is 6.54 Å². The molecule has 111 heavy (non-hydrogen) atoms. The van der Waals surface area contributed by atoms with Crippen LogP contribution in [0.25, 0.3) is 58.7 Å². The highest BCUT2D eigenvalue weighted by atomic mass is 19.4. The lowest BCUT2D eigenvalue weighted by molar-refractivity contribution is -0.118. The molecular weight excluding hydrogens is 1390 g/mol. The third-order valence-corrected chi connectivity index (χ3v) is 21.6. The molecule has 0 spiro atoms. The van der Waals surface area contributed by atoms with Gasteiger partial charge in [0, 0.05) is 87.9 Å². The van der Waals surface area contributed by atoms with Crippen molar-refractivity contribution in [2.75, 3.05) is 70.9 Å². The first-order valence-corrected chi connectivity index (χ1v) is 38.6. The average molecular weight is 1490 g/mol. The minimum atomic E-state index is -4.42. The summed E-state index contributed by atoms with van der Waals surface area (Å²) in [6, 6.07) is 60.1. The smallest absolute Gasteiger partial charge is 0.383 e. The Hall–Kier alpha value is -10.7. The number of methoxy groups -OCH3 is 1. The third kappa shape index (κ3) is 15.6. The summed E-state index contributed by atoms with van der Waals surface area (Å²) in [4.78, 5) is 75.1. The zero-order chi connectivity index (χ0) is 80.4. The van der Waals surface area contributed by atoms with Crippen LogP contribution in [-0.2, 0) is 38.4 Å². The van der Waals surface area contributed by atoms with Gasteiger partial charge in [-0.15, -0.1) is 0 Å². The Labute approximate surface area is 652 Å². The Bertz CT molecular complexity index is 5540. The Morgan fingerprint density at radius 3 is 0.946 bits per heavy atom. The monoisotopic (exact) mass is 1490 g/mol. The molecule has 5 aliphatic rings. The summed E-state index contributed by atoms with van der Waals surface area (Å²) >= 11 is 0. The van der Waals surface area contributed by atoms with Crippen molar-refractivity contribution in [1.82, 2.24) is 0 Å². The van der Waals surface area contributed by atoms with Crippen LogP contribution in [-0.4, -0.2) is 82.2 Å². The minimum absolute atomic E-state index is 0.0394. The Morgan fingerprint density at radius 2 is 0.649 bits per heavy atom. The Morgan fingerprint density at radius 1 is 0.360 bits per heavy atom. The average Bonchev–Trinajstić information content (AvgIpc) is 1.62. The molecule has 5 heterocycles. The van der Waals surface area contributed by atoms with E-state index >= 15 is 0 Å². The Balaban J connectivity index is 0.000000129. The molecule has 574 valence electrons. The van der Waals surface area contributed by atoms with Crippen LogP contribution in [0.4, 0.5) is 41.6 Å². The number of carbonyl (C=O) groups excluding carboxylic acids is 5. The van der Waals surface area contributed by atoms with Crippen molar-refractivity contribution in [1.29, 1.82) is 0 Å². The van der Waals surface area contributed by atoms with E-state index in [1.165, 1.54) is 43.8 Å². The van der Waals surface area contributed by atoms with E-state index < -0.39 is 18.6 Å². The quantitative estimate of drug-likeness (QED) is 0.0889. The van der Waals surface area contributed by atoms with Crippen LogP contribution in [0, 0.1) is 12.5 Å². The molecule has 16 rings (SSSR count). The van der Waals surface area contributed by atoms with E-state index in [0.29, 0.717) is 61.8 Å². The molecule has 11 aromatic rings. The summed E-state index contributed by atoms with van der Waals surface area (Å²) in [5, 5.41) is 10.7. The van der Waals surface area contributed by atoms with Crippen LogP contribution in [0.1, 0.15) is 216 Å². The number of alkyl halides is 3. The molecule has 5 aliphatic heterocycles. The van der Waals surface area contributed by atoms with Crippen LogP contribution in [0.15, 0.2) is 182 Å². The molecule has 0 N–H and O–H groups in total. The topological polar surface area (TPSA) is 115 Å². The molecule has 0 saturated heterocycles. The summed E-state index contributed by atoms with van der Waals surface area (Å²) in [6.07, 6.45) is -2.68. The van der Waals surface area contributed by atoms with Gasteiger partial charge in [-0.3, -0.25) is 28.9 Å². The van der Waals surface area contributed by atoms with Gasteiger partial charge < -0.3 is 29.2 Å². The first-order chi connectivity index (χ1) is 52.3. The number of hydrogen-bond donors (Lipinski definition) is 0. The summed E-state index contributed by atoms with van der Waals surface area (Å²) in [6.45, 7) is 46.3. The van der Waals surface area contributed by atoms with Crippen molar-refractivity contribution in [3.05, 3.63) is 255 Å². The number of halogens is 3. The van der Waals surface area contributed by atoms with Crippen LogP contribution in [0.5, 0.6) is 0 Å². The largest absolute Gasteiger partial charge is 0.406 e. The number of anilines is 5. The number of hydrogen-bond acceptors (Lipinski definition) is 6. The highest BCUT2D eigenvalue weighted by Crippen LogP contribution is 2.48. The molecule has 5 amide bonds. The second-order valence-corrected chi connectivity index (χ2v) is 35.2. The fraction of sp³-hybridized carbons (Fsp3) is 0.354. The lowest BCUT2D eigenvalue weighted by Gasteiger charge is -2.23. The zero-order valence-electron chi connectivity index (χ0n) is 67.5. The van der Waals surface area contributed by atoms with Crippen molar-refractivity contribution < 1.29 is 41.9 Å². The number of ether oxygens (including phenoxy) is 1. The van der Waals surface area contributed by atoms with Crippen LogP contribution in [0.2, 0.25) is 0 Å². The summed E-state index contributed by atoms with van der Waals surface area (Å²) < 4.78 is 43.4. The first-order valence-electron chi connectivity index (χ1n) is 38.6. The number of rotatable bonds is 12. The molecule has 0 bridgehead atoms. The third-order valence-electron chi connectivity index (χ3n) is 21.6. The van der Waals surface area contributed by atoms with Gasteiger partial charge in [-0.25, -0.2) is 6.57 Å². The van der Waals surface area contributed by atoms with Crippen molar-refractivity contribution in [2.24, 2.45) is 5.92 Å². The zero-order valence-corrected chi connectivity index (χ0v) is 67.5. The van der Waals surface area contributed by atoms with E-state index in [4.69, 9.17) is 11.3 Å². The van der Waals surface area contributed by atoms with Gasteiger partial charge in [-0.1, -0.05) is 239 Å². The highest BCUT2D eigenvalue weighted by Gasteiger charge is 2.41. The number of amides is 5. The predicted octanol–water partition coefficient (Wildman–Crippen LogP) is 23.3. The van der Waals surface area contributed by atoms with Crippen molar-refractivity contribution >= 4 is 112 Å². The number of carbonyl (C=O) groups is 5. The fourth-order valence-corrected chi connectivity index (χ4v) is 16.3. The van der Waals surface area contributed by atoms with Crippen molar-refractivity contribution in [3.8, 4) is 0 Å².